The zero-order chi connectivity index (χ0) is 7.11. The monoisotopic (exact) mass is 149 g/mol. The topological polar surface area (TPSA) is 46.2 Å². The van der Waals surface area contributed by atoms with Crippen molar-refractivity contribution in [1.82, 2.24) is 0 Å². The van der Waals surface area contributed by atoms with Crippen molar-refractivity contribution < 1.29 is 5.11 Å². The van der Waals surface area contributed by atoms with E-state index in [1.165, 1.54) is 0 Å². The van der Waals surface area contributed by atoms with E-state index >= 15 is 0 Å². The first-order chi connectivity index (χ1) is 4.31. The number of aliphatic hydroxyl groups excluding tert-OH is 1. The molecule has 0 spiro atoms. The van der Waals surface area contributed by atoms with E-state index in [2.05, 4.69) is 6.92 Å². The second-order valence-electron chi connectivity index (χ2n) is 2.14. The Morgan fingerprint density at radius 1 is 1.67 bits per heavy atom. The molecule has 0 aromatic rings. The molecule has 0 aliphatic carbocycles. The molecule has 1 unspecified atom stereocenters. The van der Waals surface area contributed by atoms with Crippen molar-refractivity contribution in [3.63, 3.8) is 0 Å². The van der Waals surface area contributed by atoms with Gasteiger partial charge in [0.2, 0.25) is 0 Å². The lowest BCUT2D eigenvalue weighted by molar-refractivity contribution is 0.322. The van der Waals surface area contributed by atoms with Gasteiger partial charge in [-0.15, -0.1) is 0 Å². The molecule has 2 nitrogen and oxygen atoms in total. The first kappa shape index (κ1) is 9.27. The Kier molecular flexibility index (Phi) is 6.58. The lowest BCUT2D eigenvalue weighted by atomic mass is 10.2. The Hall–Kier alpha value is 0.270. The van der Waals surface area contributed by atoms with Crippen molar-refractivity contribution in [3.8, 4) is 0 Å². The van der Waals surface area contributed by atoms with Gasteiger partial charge in [-0.25, -0.2) is 0 Å². The summed E-state index contributed by atoms with van der Waals surface area (Å²) in [6, 6.07) is 0. The maximum atomic E-state index is 8.40. The minimum atomic E-state index is 0.280. The fraction of sp³-hybridized carbons (Fsp3) is 1.00. The molecule has 9 heavy (non-hydrogen) atoms. The van der Waals surface area contributed by atoms with Crippen molar-refractivity contribution in [2.45, 2.75) is 6.92 Å². The molecular formula is C6H15NOS. The van der Waals surface area contributed by atoms with E-state index in [0.29, 0.717) is 5.92 Å². The van der Waals surface area contributed by atoms with Gasteiger partial charge in [0.05, 0.1) is 6.61 Å². The van der Waals surface area contributed by atoms with Gasteiger partial charge in [0.1, 0.15) is 0 Å². The predicted octanol–water partition coefficient (Wildman–Crippen LogP) is 0.307. The third-order valence-corrected chi connectivity index (χ3v) is 2.32. The van der Waals surface area contributed by atoms with Crippen LogP contribution >= 0.6 is 11.8 Å². The van der Waals surface area contributed by atoms with Gasteiger partial charge in [-0.3, -0.25) is 0 Å². The molecule has 0 fully saturated rings. The number of rotatable bonds is 5. The Balaban J connectivity index is 2.88. The van der Waals surface area contributed by atoms with E-state index in [9.17, 15) is 0 Å². The molecule has 0 radical (unpaired) electrons. The minimum absolute atomic E-state index is 0.280. The number of hydrogen-bond donors (Lipinski definition) is 2. The van der Waals surface area contributed by atoms with E-state index in [1.54, 1.807) is 11.8 Å². The van der Waals surface area contributed by atoms with Gasteiger partial charge < -0.3 is 10.8 Å². The summed E-state index contributed by atoms with van der Waals surface area (Å²) in [6.07, 6.45) is 0. The van der Waals surface area contributed by atoms with Crippen LogP contribution in [0.5, 0.6) is 0 Å². The van der Waals surface area contributed by atoms with Crippen molar-refractivity contribution in [3.05, 3.63) is 0 Å². The Morgan fingerprint density at radius 2 is 2.33 bits per heavy atom. The molecule has 0 saturated carbocycles. The molecule has 3 heteroatoms. The molecule has 0 bridgehead atoms. The molecule has 0 aromatic carbocycles. The van der Waals surface area contributed by atoms with Crippen LogP contribution in [0.2, 0.25) is 0 Å². The summed E-state index contributed by atoms with van der Waals surface area (Å²) in [5.41, 5.74) is 5.38. The second-order valence-corrected chi connectivity index (χ2v) is 3.29. The lowest BCUT2D eigenvalue weighted by Crippen LogP contribution is -2.13. The first-order valence-corrected chi connectivity index (χ1v) is 4.35. The van der Waals surface area contributed by atoms with Gasteiger partial charge >= 0.3 is 0 Å². The van der Waals surface area contributed by atoms with E-state index in [4.69, 9.17) is 10.8 Å². The van der Waals surface area contributed by atoms with Gasteiger partial charge in [0.25, 0.3) is 0 Å². The Labute approximate surface area is 60.8 Å². The average Bonchev–Trinajstić information content (AvgIpc) is 1.89. The van der Waals surface area contributed by atoms with Crippen molar-refractivity contribution in [1.29, 1.82) is 0 Å². The van der Waals surface area contributed by atoms with Crippen LogP contribution in [0.4, 0.5) is 0 Å². The predicted molar refractivity (Wildman–Crippen MR) is 42.6 cm³/mol. The minimum Gasteiger partial charge on any atom is -0.396 e. The van der Waals surface area contributed by atoms with Crippen LogP contribution in [0.15, 0.2) is 0 Å². The van der Waals surface area contributed by atoms with E-state index in [1.807, 2.05) is 0 Å². The number of hydrogen-bond acceptors (Lipinski definition) is 3. The summed E-state index contributed by atoms with van der Waals surface area (Å²) in [4.78, 5) is 0. The van der Waals surface area contributed by atoms with Crippen LogP contribution in [-0.2, 0) is 0 Å². The summed E-state index contributed by atoms with van der Waals surface area (Å²) in [6.45, 7) is 3.14. The molecule has 56 valence electrons. The SMILES string of the molecule is CC(CN)CSCCO. The van der Waals surface area contributed by atoms with Crippen LogP contribution < -0.4 is 5.73 Å². The molecule has 0 rings (SSSR count). The molecule has 0 aliphatic rings. The standard InChI is InChI=1S/C6H15NOS/c1-6(4-7)5-9-3-2-8/h6,8H,2-5,7H2,1H3. The number of aliphatic hydroxyl groups is 1. The summed E-state index contributed by atoms with van der Waals surface area (Å²) in [7, 11) is 0. The van der Waals surface area contributed by atoms with Crippen LogP contribution in [0, 0.1) is 5.92 Å². The summed E-state index contributed by atoms with van der Waals surface area (Å²) >= 11 is 1.76. The molecular weight excluding hydrogens is 134 g/mol. The molecule has 0 aliphatic heterocycles. The van der Waals surface area contributed by atoms with Crippen molar-refractivity contribution >= 4 is 11.8 Å². The largest absolute Gasteiger partial charge is 0.396 e. The van der Waals surface area contributed by atoms with Crippen molar-refractivity contribution in [2.24, 2.45) is 11.7 Å². The van der Waals surface area contributed by atoms with Crippen LogP contribution in [0.1, 0.15) is 6.92 Å². The fourth-order valence-electron chi connectivity index (χ4n) is 0.417. The fourth-order valence-corrected chi connectivity index (χ4v) is 1.25. The number of nitrogens with two attached hydrogens (primary N) is 1. The average molecular weight is 149 g/mol. The summed E-state index contributed by atoms with van der Waals surface area (Å²) in [5, 5.41) is 8.40. The molecule has 0 saturated heterocycles. The Morgan fingerprint density at radius 3 is 2.78 bits per heavy atom. The van der Waals surface area contributed by atoms with Crippen LogP contribution in [0.3, 0.4) is 0 Å². The highest BCUT2D eigenvalue weighted by Crippen LogP contribution is 2.05. The van der Waals surface area contributed by atoms with Gasteiger partial charge in [-0.1, -0.05) is 6.92 Å². The lowest BCUT2D eigenvalue weighted by Gasteiger charge is -2.05. The van der Waals surface area contributed by atoms with Crippen LogP contribution in [-0.4, -0.2) is 29.8 Å². The van der Waals surface area contributed by atoms with E-state index < -0.39 is 0 Å². The zero-order valence-corrected chi connectivity index (χ0v) is 6.66. The third kappa shape index (κ3) is 6.15. The van der Waals surface area contributed by atoms with Gasteiger partial charge in [0.15, 0.2) is 0 Å². The molecule has 0 heterocycles. The summed E-state index contributed by atoms with van der Waals surface area (Å²) < 4.78 is 0. The Bertz CT molecular complexity index is 61.0. The molecule has 3 N–H and O–H groups in total. The molecule has 0 amide bonds. The van der Waals surface area contributed by atoms with Crippen LogP contribution in [0.25, 0.3) is 0 Å². The molecule has 1 atom stereocenters. The highest BCUT2D eigenvalue weighted by molar-refractivity contribution is 7.99. The quantitative estimate of drug-likeness (QED) is 0.553. The summed E-state index contributed by atoms with van der Waals surface area (Å²) in [5.74, 6) is 2.49. The maximum absolute atomic E-state index is 8.40. The highest BCUT2D eigenvalue weighted by Gasteiger charge is 1.96. The highest BCUT2D eigenvalue weighted by atomic mass is 32.2. The second kappa shape index (κ2) is 6.39. The van der Waals surface area contributed by atoms with E-state index in [-0.39, 0.29) is 6.61 Å². The number of thioether (sulfide) groups is 1. The normalized spacial score (nSPS) is 13.7. The van der Waals surface area contributed by atoms with Gasteiger partial charge in [0, 0.05) is 5.75 Å². The van der Waals surface area contributed by atoms with E-state index in [0.717, 1.165) is 18.1 Å². The van der Waals surface area contributed by atoms with Gasteiger partial charge in [-0.05, 0) is 18.2 Å². The maximum Gasteiger partial charge on any atom is 0.0521 e. The first-order valence-electron chi connectivity index (χ1n) is 3.20. The molecule has 0 aromatic heterocycles. The zero-order valence-electron chi connectivity index (χ0n) is 5.84. The third-order valence-electron chi connectivity index (χ3n) is 1.04. The van der Waals surface area contributed by atoms with Gasteiger partial charge in [-0.2, -0.15) is 11.8 Å². The van der Waals surface area contributed by atoms with Crippen molar-refractivity contribution in [2.75, 3.05) is 24.7 Å². The smallest absolute Gasteiger partial charge is 0.0521 e.